The first kappa shape index (κ1) is 23.2. The minimum absolute atomic E-state index is 0.0570. The number of piperidine rings is 1. The van der Waals surface area contributed by atoms with Gasteiger partial charge in [-0.05, 0) is 37.3 Å². The Kier molecular flexibility index (Phi) is 6.13. The summed E-state index contributed by atoms with van der Waals surface area (Å²) in [5, 5.41) is 3.37. The van der Waals surface area contributed by atoms with E-state index in [0.717, 1.165) is 36.2 Å². The van der Waals surface area contributed by atoms with Crippen LogP contribution in [-0.4, -0.2) is 64.5 Å². The number of alkyl halides is 3. The maximum absolute atomic E-state index is 13.0. The summed E-state index contributed by atoms with van der Waals surface area (Å²) < 4.78 is 46.6. The van der Waals surface area contributed by atoms with E-state index in [1.807, 2.05) is 6.20 Å². The molecule has 9 nitrogen and oxygen atoms in total. The number of rotatable bonds is 5. The first-order valence-electron chi connectivity index (χ1n) is 11.4. The number of carbonyl (C=O) groups excluding carboxylic acids is 1. The Morgan fingerprint density at radius 3 is 2.74 bits per heavy atom. The fraction of sp³-hybridized carbons (Fsp3) is 0.435. The van der Waals surface area contributed by atoms with Gasteiger partial charge >= 0.3 is 6.36 Å². The number of hydrogen-bond acceptors (Lipinski definition) is 7. The molecule has 12 heteroatoms. The van der Waals surface area contributed by atoms with E-state index in [1.165, 1.54) is 6.07 Å². The molecule has 1 aromatic carbocycles. The number of ether oxygens (including phenoxy) is 2. The van der Waals surface area contributed by atoms with Gasteiger partial charge in [0.1, 0.15) is 17.1 Å². The summed E-state index contributed by atoms with van der Waals surface area (Å²) in [5.74, 6) is 0.116. The maximum Gasteiger partial charge on any atom is 0.573 e. The number of nitrogen functional groups attached to an aromatic ring is 1. The minimum Gasteiger partial charge on any atom is -0.406 e. The number of fused-ring (bicyclic) bond motifs is 1. The molecule has 0 radical (unpaired) electrons. The summed E-state index contributed by atoms with van der Waals surface area (Å²) in [6.45, 7) is 2.36. The van der Waals surface area contributed by atoms with Gasteiger partial charge in [-0.15, -0.1) is 13.2 Å². The standard InChI is InChI=1S/C23H25F3N6O3/c24-23(25,26)35-15-1-2-16(18(27)9-15)22(33)32-6-3-13(4-7-32)17-10-28-21-20(17)31-19(11-29-21)30-14-5-8-34-12-14/h1-2,9-11,13-14H,3-8,12,27H2,(H,28,29)(H,30,31)/t14-/m0/s1. The van der Waals surface area contributed by atoms with Crippen molar-refractivity contribution in [3.05, 3.63) is 41.7 Å². The van der Waals surface area contributed by atoms with E-state index in [9.17, 15) is 18.0 Å². The molecule has 2 aliphatic rings. The Labute approximate surface area is 198 Å². The predicted molar refractivity (Wildman–Crippen MR) is 122 cm³/mol. The number of nitrogens with one attached hydrogen (secondary N) is 2. The van der Waals surface area contributed by atoms with Crippen molar-refractivity contribution in [3.63, 3.8) is 0 Å². The van der Waals surface area contributed by atoms with Crippen LogP contribution in [0.4, 0.5) is 24.7 Å². The monoisotopic (exact) mass is 490 g/mol. The zero-order chi connectivity index (χ0) is 24.6. The second kappa shape index (κ2) is 9.25. The van der Waals surface area contributed by atoms with Crippen molar-refractivity contribution in [2.24, 2.45) is 0 Å². The molecule has 4 heterocycles. The molecule has 0 spiro atoms. The molecule has 2 aliphatic heterocycles. The fourth-order valence-corrected chi connectivity index (χ4v) is 4.65. The summed E-state index contributed by atoms with van der Waals surface area (Å²) >= 11 is 0. The molecular weight excluding hydrogens is 465 g/mol. The van der Waals surface area contributed by atoms with E-state index in [2.05, 4.69) is 20.0 Å². The Morgan fingerprint density at radius 2 is 2.06 bits per heavy atom. The molecule has 0 unspecified atom stereocenters. The highest BCUT2D eigenvalue weighted by molar-refractivity contribution is 5.99. The van der Waals surface area contributed by atoms with E-state index < -0.39 is 12.1 Å². The van der Waals surface area contributed by atoms with Crippen molar-refractivity contribution < 1.29 is 27.4 Å². The van der Waals surface area contributed by atoms with Crippen LogP contribution in [0.5, 0.6) is 5.75 Å². The molecule has 5 rings (SSSR count). The quantitative estimate of drug-likeness (QED) is 0.467. The molecular formula is C23H25F3N6O3. The Morgan fingerprint density at radius 1 is 1.26 bits per heavy atom. The van der Waals surface area contributed by atoms with Crippen LogP contribution in [0.1, 0.15) is 41.1 Å². The molecule has 0 bridgehead atoms. The lowest BCUT2D eigenvalue weighted by molar-refractivity contribution is -0.274. The zero-order valence-electron chi connectivity index (χ0n) is 18.8. The number of benzene rings is 1. The van der Waals surface area contributed by atoms with Gasteiger partial charge in [-0.25, -0.2) is 9.97 Å². The van der Waals surface area contributed by atoms with Crippen LogP contribution in [0.25, 0.3) is 11.2 Å². The molecule has 0 aliphatic carbocycles. The largest absolute Gasteiger partial charge is 0.573 e. The van der Waals surface area contributed by atoms with E-state index in [1.54, 1.807) is 11.1 Å². The molecule has 0 saturated carbocycles. The molecule has 3 aromatic rings. The number of amides is 1. The summed E-state index contributed by atoms with van der Waals surface area (Å²) in [6, 6.07) is 3.60. The number of hydrogen-bond donors (Lipinski definition) is 3. The van der Waals surface area contributed by atoms with Crippen molar-refractivity contribution in [1.82, 2.24) is 19.9 Å². The summed E-state index contributed by atoms with van der Waals surface area (Å²) in [5.41, 5.74) is 8.53. The van der Waals surface area contributed by atoms with Crippen molar-refractivity contribution in [1.29, 1.82) is 0 Å². The van der Waals surface area contributed by atoms with E-state index in [0.29, 0.717) is 44.0 Å². The molecule has 1 amide bonds. The lowest BCUT2D eigenvalue weighted by atomic mass is 9.90. The maximum atomic E-state index is 13.0. The molecule has 35 heavy (non-hydrogen) atoms. The van der Waals surface area contributed by atoms with Crippen LogP contribution in [-0.2, 0) is 4.74 Å². The van der Waals surface area contributed by atoms with Gasteiger partial charge in [-0.3, -0.25) is 4.79 Å². The number of anilines is 2. The second-order valence-electron chi connectivity index (χ2n) is 8.76. The van der Waals surface area contributed by atoms with E-state index in [4.69, 9.17) is 15.5 Å². The van der Waals surface area contributed by atoms with Gasteiger partial charge in [-0.1, -0.05) is 0 Å². The smallest absolute Gasteiger partial charge is 0.406 e. The zero-order valence-corrected chi connectivity index (χ0v) is 18.8. The van der Waals surface area contributed by atoms with Crippen molar-refractivity contribution in [3.8, 4) is 5.75 Å². The van der Waals surface area contributed by atoms with Gasteiger partial charge in [0.05, 0.1) is 24.4 Å². The fourth-order valence-electron chi connectivity index (χ4n) is 4.65. The molecule has 2 saturated heterocycles. The number of aromatic nitrogens is 3. The van der Waals surface area contributed by atoms with Gasteiger partial charge in [0.2, 0.25) is 0 Å². The second-order valence-corrected chi connectivity index (χ2v) is 8.76. The Hall–Kier alpha value is -3.54. The molecule has 1 atom stereocenters. The summed E-state index contributed by atoms with van der Waals surface area (Å²) in [7, 11) is 0. The first-order valence-corrected chi connectivity index (χ1v) is 11.4. The first-order chi connectivity index (χ1) is 16.8. The van der Waals surface area contributed by atoms with Crippen molar-refractivity contribution in [2.45, 2.75) is 37.6 Å². The molecule has 2 aromatic heterocycles. The lowest BCUT2D eigenvalue weighted by Gasteiger charge is -2.32. The number of carbonyl (C=O) groups is 1. The van der Waals surface area contributed by atoms with Crippen LogP contribution in [0.3, 0.4) is 0 Å². The third-order valence-corrected chi connectivity index (χ3v) is 6.40. The minimum atomic E-state index is -4.83. The third-order valence-electron chi connectivity index (χ3n) is 6.40. The van der Waals surface area contributed by atoms with Crippen LogP contribution in [0.15, 0.2) is 30.6 Å². The Balaban J connectivity index is 1.25. The number of nitrogens with zero attached hydrogens (tertiary/aromatic N) is 3. The topological polar surface area (TPSA) is 118 Å². The third kappa shape index (κ3) is 5.11. The average Bonchev–Trinajstić information content (AvgIpc) is 3.47. The molecule has 2 fully saturated rings. The highest BCUT2D eigenvalue weighted by Gasteiger charge is 2.32. The van der Waals surface area contributed by atoms with Crippen LogP contribution in [0.2, 0.25) is 0 Å². The number of aromatic amines is 1. The van der Waals surface area contributed by atoms with E-state index in [-0.39, 0.29) is 29.1 Å². The normalized spacial score (nSPS) is 19.3. The highest BCUT2D eigenvalue weighted by Crippen LogP contribution is 2.34. The summed E-state index contributed by atoms with van der Waals surface area (Å²) in [6.07, 6.45) is 1.15. The molecule has 4 N–H and O–H groups in total. The van der Waals surface area contributed by atoms with Gasteiger partial charge in [0.25, 0.3) is 5.91 Å². The van der Waals surface area contributed by atoms with Gasteiger partial charge in [-0.2, -0.15) is 0 Å². The predicted octanol–water partition coefficient (Wildman–Crippen LogP) is 3.66. The van der Waals surface area contributed by atoms with Crippen LogP contribution in [0, 0.1) is 0 Å². The number of H-pyrrole nitrogens is 1. The molecule has 186 valence electrons. The Bertz CT molecular complexity index is 1220. The van der Waals surface area contributed by atoms with E-state index >= 15 is 0 Å². The van der Waals surface area contributed by atoms with Crippen molar-refractivity contribution in [2.75, 3.05) is 37.4 Å². The SMILES string of the molecule is Nc1cc(OC(F)(F)F)ccc1C(=O)N1CCC(c2c[nH]c3ncc(N[C@H]4CCOC4)nc23)CC1. The number of halogens is 3. The van der Waals surface area contributed by atoms with Crippen LogP contribution >= 0.6 is 0 Å². The lowest BCUT2D eigenvalue weighted by Crippen LogP contribution is -2.38. The average molecular weight is 490 g/mol. The van der Waals surface area contributed by atoms with Gasteiger partial charge in [0, 0.05) is 43.2 Å². The summed E-state index contributed by atoms with van der Waals surface area (Å²) in [4.78, 5) is 27.1. The number of nitrogens with two attached hydrogens (primary N) is 1. The van der Waals surface area contributed by atoms with Gasteiger partial charge < -0.3 is 30.4 Å². The van der Waals surface area contributed by atoms with Crippen LogP contribution < -0.4 is 15.8 Å². The number of likely N-dealkylation sites (tertiary alicyclic amines) is 1. The van der Waals surface area contributed by atoms with Crippen molar-refractivity contribution >= 4 is 28.6 Å². The highest BCUT2D eigenvalue weighted by atomic mass is 19.4. The van der Waals surface area contributed by atoms with Gasteiger partial charge in [0.15, 0.2) is 5.65 Å².